The van der Waals surface area contributed by atoms with E-state index in [2.05, 4.69) is 44.1 Å². The highest BCUT2D eigenvalue weighted by Gasteiger charge is 2.38. The van der Waals surface area contributed by atoms with Crippen molar-refractivity contribution in [2.45, 2.75) is 64.7 Å². The number of guanidine groups is 1. The molecule has 1 saturated heterocycles. The summed E-state index contributed by atoms with van der Waals surface area (Å²) in [5, 5.41) is 15.6. The van der Waals surface area contributed by atoms with Crippen LogP contribution < -0.4 is 10.6 Å². The second-order valence-corrected chi connectivity index (χ2v) is 7.40. The molecule has 1 aliphatic carbocycles. The van der Waals surface area contributed by atoms with Crippen LogP contribution in [-0.4, -0.2) is 57.3 Å². The van der Waals surface area contributed by atoms with E-state index in [-0.39, 0.29) is 0 Å². The standard InChI is InChI=1S/C17H29N7/c1-3-18-17(19-9-16-22-21-15-5-4-8-24(15)16)20-14-11-23(10-12(14)2)13-6-7-13/h12-14H,3-11H2,1-2H3,(H2,18,19,20). The molecule has 2 aliphatic heterocycles. The molecule has 2 fully saturated rings. The highest BCUT2D eigenvalue weighted by Crippen LogP contribution is 2.31. The number of nitrogens with one attached hydrogen (secondary N) is 2. The molecule has 3 heterocycles. The number of aromatic nitrogens is 3. The summed E-state index contributed by atoms with van der Waals surface area (Å²) in [7, 11) is 0. The number of aryl methyl sites for hydroxylation is 1. The van der Waals surface area contributed by atoms with Crippen LogP contribution in [0.15, 0.2) is 4.99 Å². The smallest absolute Gasteiger partial charge is 0.191 e. The molecule has 1 aromatic rings. The van der Waals surface area contributed by atoms with Crippen LogP contribution in [0.4, 0.5) is 0 Å². The largest absolute Gasteiger partial charge is 0.357 e. The van der Waals surface area contributed by atoms with E-state index in [1.807, 2.05) is 0 Å². The molecule has 24 heavy (non-hydrogen) atoms. The van der Waals surface area contributed by atoms with Crippen LogP contribution >= 0.6 is 0 Å². The minimum atomic E-state index is 0.479. The molecular formula is C17H29N7. The Balaban J connectivity index is 1.39. The van der Waals surface area contributed by atoms with Crippen LogP contribution in [0.1, 0.15) is 44.8 Å². The van der Waals surface area contributed by atoms with Crippen LogP contribution in [0.5, 0.6) is 0 Å². The van der Waals surface area contributed by atoms with Crippen molar-refractivity contribution in [3.8, 4) is 0 Å². The van der Waals surface area contributed by atoms with Crippen molar-refractivity contribution in [1.29, 1.82) is 0 Å². The molecule has 0 spiro atoms. The lowest BCUT2D eigenvalue weighted by atomic mass is 10.1. The van der Waals surface area contributed by atoms with Gasteiger partial charge in [0.15, 0.2) is 11.8 Å². The van der Waals surface area contributed by atoms with Crippen molar-refractivity contribution >= 4 is 5.96 Å². The van der Waals surface area contributed by atoms with Crippen molar-refractivity contribution in [3.05, 3.63) is 11.6 Å². The highest BCUT2D eigenvalue weighted by atomic mass is 15.3. The molecule has 1 aromatic heterocycles. The SMILES string of the molecule is CCNC(=NCc1nnc2n1CCC2)NC1CN(C2CC2)CC1C. The summed E-state index contributed by atoms with van der Waals surface area (Å²) in [4.78, 5) is 7.41. The molecule has 3 aliphatic rings. The molecule has 2 N–H and O–H groups in total. The van der Waals surface area contributed by atoms with Crippen LogP contribution in [0.2, 0.25) is 0 Å². The third-order valence-corrected chi connectivity index (χ3v) is 5.43. The molecule has 132 valence electrons. The van der Waals surface area contributed by atoms with Crippen molar-refractivity contribution in [2.24, 2.45) is 10.9 Å². The maximum absolute atomic E-state index is 4.77. The molecule has 1 saturated carbocycles. The number of likely N-dealkylation sites (tertiary alicyclic amines) is 1. The molecule has 2 atom stereocenters. The molecule has 2 unspecified atom stereocenters. The monoisotopic (exact) mass is 331 g/mol. The van der Waals surface area contributed by atoms with E-state index in [0.717, 1.165) is 49.7 Å². The Morgan fingerprint density at radius 2 is 2.17 bits per heavy atom. The van der Waals surface area contributed by atoms with Crippen molar-refractivity contribution in [1.82, 2.24) is 30.3 Å². The topological polar surface area (TPSA) is 70.4 Å². The van der Waals surface area contributed by atoms with Crippen LogP contribution in [0.25, 0.3) is 0 Å². The van der Waals surface area contributed by atoms with Gasteiger partial charge in [0, 0.05) is 44.7 Å². The normalized spacial score (nSPS) is 27.5. The molecule has 0 radical (unpaired) electrons. The van der Waals surface area contributed by atoms with Gasteiger partial charge in [-0.25, -0.2) is 4.99 Å². The summed E-state index contributed by atoms with van der Waals surface area (Å²) in [5.41, 5.74) is 0. The van der Waals surface area contributed by atoms with Gasteiger partial charge in [-0.3, -0.25) is 4.90 Å². The van der Waals surface area contributed by atoms with E-state index in [4.69, 9.17) is 4.99 Å². The molecule has 4 rings (SSSR count). The second-order valence-electron chi connectivity index (χ2n) is 7.40. The van der Waals surface area contributed by atoms with Gasteiger partial charge in [-0.2, -0.15) is 0 Å². The summed E-state index contributed by atoms with van der Waals surface area (Å²) >= 11 is 0. The minimum Gasteiger partial charge on any atom is -0.357 e. The Bertz CT molecular complexity index is 604. The zero-order valence-electron chi connectivity index (χ0n) is 14.8. The van der Waals surface area contributed by atoms with Gasteiger partial charge in [-0.15, -0.1) is 10.2 Å². The molecule has 0 amide bonds. The van der Waals surface area contributed by atoms with Crippen LogP contribution in [0.3, 0.4) is 0 Å². The van der Waals surface area contributed by atoms with Crippen LogP contribution in [-0.2, 0) is 19.5 Å². The number of hydrogen-bond acceptors (Lipinski definition) is 4. The zero-order valence-corrected chi connectivity index (χ0v) is 14.8. The quantitative estimate of drug-likeness (QED) is 0.616. The fraction of sp³-hybridized carbons (Fsp3) is 0.824. The average Bonchev–Trinajstić information content (AvgIpc) is 3.02. The van der Waals surface area contributed by atoms with Gasteiger partial charge in [-0.05, 0) is 32.1 Å². The van der Waals surface area contributed by atoms with Crippen molar-refractivity contribution in [2.75, 3.05) is 19.6 Å². The number of fused-ring (bicyclic) bond motifs is 1. The molecule has 7 nitrogen and oxygen atoms in total. The summed E-state index contributed by atoms with van der Waals surface area (Å²) in [5.74, 6) is 3.66. The van der Waals surface area contributed by atoms with Gasteiger partial charge in [-0.1, -0.05) is 6.92 Å². The Labute approximate surface area is 143 Å². The maximum atomic E-state index is 4.77. The number of aliphatic imine (C=N–C) groups is 1. The highest BCUT2D eigenvalue weighted by molar-refractivity contribution is 5.80. The number of hydrogen-bond donors (Lipinski definition) is 2. The Morgan fingerprint density at radius 3 is 2.96 bits per heavy atom. The van der Waals surface area contributed by atoms with Crippen molar-refractivity contribution < 1.29 is 0 Å². The second kappa shape index (κ2) is 6.70. The fourth-order valence-electron chi connectivity index (χ4n) is 3.90. The predicted molar refractivity (Wildman–Crippen MR) is 93.8 cm³/mol. The first-order valence-corrected chi connectivity index (χ1v) is 9.44. The molecule has 0 bridgehead atoms. The lowest BCUT2D eigenvalue weighted by Crippen LogP contribution is -2.46. The first-order chi connectivity index (χ1) is 11.7. The maximum Gasteiger partial charge on any atom is 0.191 e. The third-order valence-electron chi connectivity index (χ3n) is 5.43. The number of nitrogens with zero attached hydrogens (tertiary/aromatic N) is 5. The van der Waals surface area contributed by atoms with E-state index < -0.39 is 0 Å². The fourth-order valence-corrected chi connectivity index (χ4v) is 3.90. The number of rotatable bonds is 5. The molecule has 0 aromatic carbocycles. The van der Waals surface area contributed by atoms with E-state index in [0.29, 0.717) is 18.5 Å². The summed E-state index contributed by atoms with van der Waals surface area (Å²) in [6.07, 6.45) is 4.99. The van der Waals surface area contributed by atoms with E-state index in [1.165, 1.54) is 25.8 Å². The molecular weight excluding hydrogens is 302 g/mol. The van der Waals surface area contributed by atoms with Crippen molar-refractivity contribution in [3.63, 3.8) is 0 Å². The van der Waals surface area contributed by atoms with Gasteiger partial charge in [0.25, 0.3) is 0 Å². The first kappa shape index (κ1) is 15.9. The molecule has 7 heteroatoms. The van der Waals surface area contributed by atoms with E-state index >= 15 is 0 Å². The van der Waals surface area contributed by atoms with E-state index in [9.17, 15) is 0 Å². The first-order valence-electron chi connectivity index (χ1n) is 9.44. The van der Waals surface area contributed by atoms with Gasteiger partial charge >= 0.3 is 0 Å². The van der Waals surface area contributed by atoms with Gasteiger partial charge in [0.2, 0.25) is 0 Å². The summed E-state index contributed by atoms with van der Waals surface area (Å²) < 4.78 is 2.22. The summed E-state index contributed by atoms with van der Waals surface area (Å²) in [6.45, 7) is 9.30. The average molecular weight is 331 g/mol. The van der Waals surface area contributed by atoms with Gasteiger partial charge in [0.1, 0.15) is 12.4 Å². The van der Waals surface area contributed by atoms with Crippen LogP contribution in [0, 0.1) is 5.92 Å². The zero-order chi connectivity index (χ0) is 16.5. The Morgan fingerprint density at radius 1 is 1.29 bits per heavy atom. The third kappa shape index (κ3) is 3.27. The Hall–Kier alpha value is -1.63. The lowest BCUT2D eigenvalue weighted by molar-refractivity contribution is 0.315. The summed E-state index contributed by atoms with van der Waals surface area (Å²) in [6, 6.07) is 1.32. The van der Waals surface area contributed by atoms with Gasteiger partial charge in [0.05, 0.1) is 0 Å². The van der Waals surface area contributed by atoms with E-state index in [1.54, 1.807) is 0 Å². The Kier molecular flexibility index (Phi) is 4.43. The minimum absolute atomic E-state index is 0.479. The van der Waals surface area contributed by atoms with Gasteiger partial charge < -0.3 is 15.2 Å². The lowest BCUT2D eigenvalue weighted by Gasteiger charge is -2.20. The predicted octanol–water partition coefficient (Wildman–Crippen LogP) is 0.762.